The lowest BCUT2D eigenvalue weighted by Crippen LogP contribution is -1.88. The maximum absolute atomic E-state index is 9.04. The van der Waals surface area contributed by atoms with Crippen molar-refractivity contribution in [2.24, 2.45) is 0 Å². The number of imidazole rings is 1. The minimum atomic E-state index is 0.656. The van der Waals surface area contributed by atoms with E-state index in [1.807, 2.05) is 24.4 Å². The SMILES string of the molecule is CCc1ncc(SNc2cccc3c(C#N)c[nH]c23)[nH]1. The predicted molar refractivity (Wildman–Crippen MR) is 80.5 cm³/mol. The van der Waals surface area contributed by atoms with Crippen molar-refractivity contribution in [3.8, 4) is 6.07 Å². The van der Waals surface area contributed by atoms with Gasteiger partial charge in [-0.1, -0.05) is 19.1 Å². The van der Waals surface area contributed by atoms with Gasteiger partial charge in [0, 0.05) is 30.0 Å². The summed E-state index contributed by atoms with van der Waals surface area (Å²) in [6.45, 7) is 2.06. The number of rotatable bonds is 4. The van der Waals surface area contributed by atoms with E-state index in [-0.39, 0.29) is 0 Å². The molecule has 0 saturated heterocycles. The topological polar surface area (TPSA) is 80.3 Å². The molecule has 0 spiro atoms. The van der Waals surface area contributed by atoms with Gasteiger partial charge in [-0.05, 0) is 6.07 Å². The van der Waals surface area contributed by atoms with E-state index in [4.69, 9.17) is 5.26 Å². The zero-order valence-electron chi connectivity index (χ0n) is 10.9. The van der Waals surface area contributed by atoms with Crippen molar-refractivity contribution in [3.05, 3.63) is 42.0 Å². The summed E-state index contributed by atoms with van der Waals surface area (Å²) in [4.78, 5) is 10.6. The number of benzene rings is 1. The van der Waals surface area contributed by atoms with Crippen LogP contribution in [0.4, 0.5) is 5.69 Å². The number of para-hydroxylation sites is 1. The van der Waals surface area contributed by atoms with Crippen LogP contribution in [0.25, 0.3) is 10.9 Å². The Morgan fingerprint density at radius 3 is 3.10 bits per heavy atom. The Morgan fingerprint density at radius 2 is 2.35 bits per heavy atom. The van der Waals surface area contributed by atoms with E-state index >= 15 is 0 Å². The van der Waals surface area contributed by atoms with Crippen molar-refractivity contribution >= 4 is 28.5 Å². The molecule has 0 atom stereocenters. The molecule has 1 aromatic carbocycles. The third kappa shape index (κ3) is 2.24. The molecule has 0 aliphatic heterocycles. The number of fused-ring (bicyclic) bond motifs is 1. The van der Waals surface area contributed by atoms with Gasteiger partial charge < -0.3 is 14.7 Å². The van der Waals surface area contributed by atoms with E-state index in [0.717, 1.165) is 33.9 Å². The van der Waals surface area contributed by atoms with Crippen LogP contribution in [0, 0.1) is 11.3 Å². The van der Waals surface area contributed by atoms with Gasteiger partial charge in [0.05, 0.1) is 23.0 Å². The Bertz CT molecular complexity index is 780. The summed E-state index contributed by atoms with van der Waals surface area (Å²) in [6, 6.07) is 8.03. The first-order chi connectivity index (χ1) is 9.81. The van der Waals surface area contributed by atoms with E-state index in [2.05, 4.69) is 32.7 Å². The number of hydrogen-bond donors (Lipinski definition) is 3. The average Bonchev–Trinajstić information content (AvgIpc) is 3.11. The molecule has 0 aliphatic carbocycles. The molecule has 2 heterocycles. The Hall–Kier alpha value is -2.39. The predicted octanol–water partition coefficient (Wildman–Crippen LogP) is 3.44. The van der Waals surface area contributed by atoms with E-state index in [0.29, 0.717) is 5.56 Å². The Morgan fingerprint density at radius 1 is 1.45 bits per heavy atom. The summed E-state index contributed by atoms with van der Waals surface area (Å²) in [5.41, 5.74) is 2.54. The highest BCUT2D eigenvalue weighted by Gasteiger charge is 2.07. The highest BCUT2D eigenvalue weighted by atomic mass is 32.2. The van der Waals surface area contributed by atoms with Crippen LogP contribution in [0.5, 0.6) is 0 Å². The van der Waals surface area contributed by atoms with Crippen molar-refractivity contribution in [1.82, 2.24) is 15.0 Å². The molecule has 20 heavy (non-hydrogen) atoms. The van der Waals surface area contributed by atoms with Crippen LogP contribution in [0.1, 0.15) is 18.3 Å². The molecule has 0 bridgehead atoms. The summed E-state index contributed by atoms with van der Waals surface area (Å²) in [5, 5.41) is 10.9. The smallest absolute Gasteiger partial charge is 0.113 e. The second-order valence-corrected chi connectivity index (χ2v) is 5.14. The maximum atomic E-state index is 9.04. The van der Waals surface area contributed by atoms with Crippen molar-refractivity contribution in [1.29, 1.82) is 5.26 Å². The fourth-order valence-electron chi connectivity index (χ4n) is 2.02. The number of aromatic amines is 2. The quantitative estimate of drug-likeness (QED) is 0.641. The summed E-state index contributed by atoms with van der Waals surface area (Å²) < 4.78 is 3.28. The second kappa shape index (κ2) is 5.31. The lowest BCUT2D eigenvalue weighted by atomic mass is 10.2. The lowest BCUT2D eigenvalue weighted by molar-refractivity contribution is 0.971. The van der Waals surface area contributed by atoms with E-state index in [9.17, 15) is 0 Å². The number of aromatic nitrogens is 3. The number of nitrogens with one attached hydrogen (secondary N) is 3. The Balaban J connectivity index is 1.84. The Labute approximate surface area is 120 Å². The molecule has 0 radical (unpaired) electrons. The summed E-state index contributed by atoms with van der Waals surface area (Å²) in [5.74, 6) is 0.971. The highest BCUT2D eigenvalue weighted by Crippen LogP contribution is 2.28. The monoisotopic (exact) mass is 283 g/mol. The first-order valence-electron chi connectivity index (χ1n) is 6.28. The second-order valence-electron chi connectivity index (χ2n) is 4.29. The van der Waals surface area contributed by atoms with E-state index < -0.39 is 0 Å². The molecule has 3 N–H and O–H groups in total. The van der Waals surface area contributed by atoms with Crippen LogP contribution in [-0.2, 0) is 6.42 Å². The third-order valence-electron chi connectivity index (χ3n) is 3.05. The van der Waals surface area contributed by atoms with Crippen LogP contribution in [0.3, 0.4) is 0 Å². The molecule has 3 aromatic rings. The van der Waals surface area contributed by atoms with Gasteiger partial charge in [-0.15, -0.1) is 0 Å². The normalized spacial score (nSPS) is 10.6. The van der Waals surface area contributed by atoms with Crippen LogP contribution in [-0.4, -0.2) is 15.0 Å². The van der Waals surface area contributed by atoms with Crippen molar-refractivity contribution in [2.45, 2.75) is 18.4 Å². The van der Waals surface area contributed by atoms with Crippen molar-refractivity contribution in [2.75, 3.05) is 4.72 Å². The number of nitrogens with zero attached hydrogens (tertiary/aromatic N) is 2. The molecular weight excluding hydrogens is 270 g/mol. The van der Waals surface area contributed by atoms with Gasteiger partial charge in [0.2, 0.25) is 0 Å². The summed E-state index contributed by atoms with van der Waals surface area (Å²) in [7, 11) is 0. The van der Waals surface area contributed by atoms with Crippen molar-refractivity contribution in [3.63, 3.8) is 0 Å². The highest BCUT2D eigenvalue weighted by molar-refractivity contribution is 8.00. The van der Waals surface area contributed by atoms with Crippen molar-refractivity contribution < 1.29 is 0 Å². The van der Waals surface area contributed by atoms with E-state index in [1.165, 1.54) is 11.9 Å². The molecule has 2 aromatic heterocycles. The van der Waals surface area contributed by atoms with Crippen LogP contribution in [0.15, 0.2) is 35.6 Å². The lowest BCUT2D eigenvalue weighted by Gasteiger charge is -2.05. The molecule has 0 amide bonds. The minimum absolute atomic E-state index is 0.656. The number of H-pyrrole nitrogens is 2. The van der Waals surface area contributed by atoms with Crippen LogP contribution >= 0.6 is 11.9 Å². The standard InChI is InChI=1S/C14H13N5S/c1-2-12-16-8-13(18-12)20-19-11-5-3-4-10-9(6-15)7-17-14(10)11/h3-5,7-8,17,19H,2H2,1H3,(H,16,18). The molecule has 0 saturated carbocycles. The summed E-state index contributed by atoms with van der Waals surface area (Å²) in [6.07, 6.45) is 4.43. The van der Waals surface area contributed by atoms with Gasteiger partial charge in [-0.3, -0.25) is 0 Å². The van der Waals surface area contributed by atoms with Gasteiger partial charge in [0.15, 0.2) is 0 Å². The number of anilines is 1. The molecule has 100 valence electrons. The minimum Gasteiger partial charge on any atom is -0.358 e. The molecule has 0 unspecified atom stereocenters. The number of hydrogen-bond acceptors (Lipinski definition) is 4. The zero-order chi connectivity index (χ0) is 13.9. The van der Waals surface area contributed by atoms with Gasteiger partial charge in [-0.2, -0.15) is 5.26 Å². The van der Waals surface area contributed by atoms with Crippen LogP contribution < -0.4 is 4.72 Å². The molecular formula is C14H13N5S. The van der Waals surface area contributed by atoms with Gasteiger partial charge in [0.1, 0.15) is 16.9 Å². The molecule has 5 nitrogen and oxygen atoms in total. The maximum Gasteiger partial charge on any atom is 0.113 e. The molecule has 0 aliphatic rings. The largest absolute Gasteiger partial charge is 0.358 e. The average molecular weight is 283 g/mol. The fraction of sp³-hybridized carbons (Fsp3) is 0.143. The molecule has 6 heteroatoms. The third-order valence-corrected chi connectivity index (χ3v) is 3.80. The van der Waals surface area contributed by atoms with Gasteiger partial charge >= 0.3 is 0 Å². The number of nitriles is 1. The first-order valence-corrected chi connectivity index (χ1v) is 7.10. The van der Waals surface area contributed by atoms with E-state index in [1.54, 1.807) is 6.20 Å². The Kier molecular flexibility index (Phi) is 3.35. The number of aryl methyl sites for hydroxylation is 1. The molecule has 0 fully saturated rings. The van der Waals surface area contributed by atoms with Gasteiger partial charge in [0.25, 0.3) is 0 Å². The molecule has 3 rings (SSSR count). The first kappa shape index (κ1) is 12.6. The van der Waals surface area contributed by atoms with Crippen LogP contribution in [0.2, 0.25) is 0 Å². The summed E-state index contributed by atoms with van der Waals surface area (Å²) >= 11 is 1.47. The fourth-order valence-corrected chi connectivity index (χ4v) is 2.68. The zero-order valence-corrected chi connectivity index (χ0v) is 11.7. The van der Waals surface area contributed by atoms with Gasteiger partial charge in [-0.25, -0.2) is 4.98 Å².